The van der Waals surface area contributed by atoms with E-state index in [1.807, 2.05) is 29.2 Å². The van der Waals surface area contributed by atoms with Crippen LogP contribution in [0.15, 0.2) is 48.5 Å². The van der Waals surface area contributed by atoms with Gasteiger partial charge in [-0.3, -0.25) is 24.1 Å². The first-order valence-electron chi connectivity index (χ1n) is 16.2. The standard InChI is InChI=1S/C35H46N4O5/c1-3-4-20-39-32(42)29(23-34(44)16-6-5-7-17-34)37-33(43)35(39)18-21-38(22-19-35)24-25-8-10-26(11-9-25)30(40)27-12-14-28(15-13-27)31(41)36-2/h8-15,29,44H,3-7,16-24H2,1-2H3,(H,36,41)(H,37,43)/t29-/m1/s1. The van der Waals surface area contributed by atoms with Crippen LogP contribution >= 0.6 is 0 Å². The van der Waals surface area contributed by atoms with Gasteiger partial charge in [-0.05, 0) is 49.8 Å². The van der Waals surface area contributed by atoms with Crippen molar-refractivity contribution in [1.82, 2.24) is 20.4 Å². The summed E-state index contributed by atoms with van der Waals surface area (Å²) in [5.74, 6) is -0.425. The minimum Gasteiger partial charge on any atom is -0.390 e. The number of ketones is 1. The molecule has 5 rings (SSSR count). The van der Waals surface area contributed by atoms with Gasteiger partial charge in [-0.15, -0.1) is 0 Å². The molecule has 2 saturated heterocycles. The van der Waals surface area contributed by atoms with Crippen LogP contribution in [0, 0.1) is 0 Å². The number of carbonyl (C=O) groups excluding carboxylic acids is 4. The Kier molecular flexibility index (Phi) is 9.85. The first-order chi connectivity index (χ1) is 21.2. The first kappa shape index (κ1) is 31.9. The fraction of sp³-hybridized carbons (Fsp3) is 0.543. The highest BCUT2D eigenvalue weighted by Crippen LogP contribution is 2.37. The summed E-state index contributed by atoms with van der Waals surface area (Å²) in [6.45, 7) is 4.69. The van der Waals surface area contributed by atoms with E-state index in [0.29, 0.717) is 75.0 Å². The van der Waals surface area contributed by atoms with E-state index in [2.05, 4.69) is 22.5 Å². The highest BCUT2D eigenvalue weighted by molar-refractivity contribution is 6.09. The number of hydrogen-bond acceptors (Lipinski definition) is 6. The topological polar surface area (TPSA) is 119 Å². The van der Waals surface area contributed by atoms with Gasteiger partial charge in [0.05, 0.1) is 5.60 Å². The molecule has 2 aromatic carbocycles. The SMILES string of the molecule is CCCCN1C(=O)[C@@H](CC2(O)CCCCC2)NC(=O)C12CCN(Cc1ccc(C(=O)c3ccc(C(=O)NC)cc3)cc1)CC2. The second-order valence-electron chi connectivity index (χ2n) is 12.8. The minimum atomic E-state index is -0.881. The van der Waals surface area contributed by atoms with Crippen molar-refractivity contribution in [1.29, 1.82) is 0 Å². The molecule has 44 heavy (non-hydrogen) atoms. The second-order valence-corrected chi connectivity index (χ2v) is 12.8. The van der Waals surface area contributed by atoms with Gasteiger partial charge < -0.3 is 20.6 Å². The van der Waals surface area contributed by atoms with E-state index < -0.39 is 17.2 Å². The number of nitrogens with one attached hydrogen (secondary N) is 2. The van der Waals surface area contributed by atoms with Crippen molar-refractivity contribution in [2.75, 3.05) is 26.7 Å². The van der Waals surface area contributed by atoms with Gasteiger partial charge in [0.2, 0.25) is 11.8 Å². The van der Waals surface area contributed by atoms with E-state index in [-0.39, 0.29) is 23.5 Å². The van der Waals surface area contributed by atoms with Crippen molar-refractivity contribution in [3.8, 4) is 0 Å². The molecule has 3 N–H and O–H groups in total. The molecular formula is C35H46N4O5. The lowest BCUT2D eigenvalue weighted by Crippen LogP contribution is -2.73. The summed E-state index contributed by atoms with van der Waals surface area (Å²) < 4.78 is 0. The van der Waals surface area contributed by atoms with Crippen LogP contribution in [0.4, 0.5) is 0 Å². The molecular weight excluding hydrogens is 556 g/mol. The Bertz CT molecular complexity index is 1340. The van der Waals surface area contributed by atoms with Crippen molar-refractivity contribution in [3.05, 3.63) is 70.8 Å². The number of carbonyl (C=O) groups is 4. The molecule has 0 unspecified atom stereocenters. The van der Waals surface area contributed by atoms with E-state index >= 15 is 0 Å². The van der Waals surface area contributed by atoms with Gasteiger partial charge in [-0.25, -0.2) is 0 Å². The highest BCUT2D eigenvalue weighted by atomic mass is 16.3. The number of likely N-dealkylation sites (tertiary alicyclic amines) is 1. The molecule has 3 aliphatic rings. The van der Waals surface area contributed by atoms with Crippen LogP contribution in [0.25, 0.3) is 0 Å². The van der Waals surface area contributed by atoms with Gasteiger partial charge in [0.15, 0.2) is 5.78 Å². The van der Waals surface area contributed by atoms with Crippen molar-refractivity contribution >= 4 is 23.5 Å². The monoisotopic (exact) mass is 602 g/mol. The third-order valence-corrected chi connectivity index (χ3v) is 9.85. The average molecular weight is 603 g/mol. The van der Waals surface area contributed by atoms with Crippen LogP contribution in [-0.4, -0.2) is 82.3 Å². The smallest absolute Gasteiger partial charge is 0.251 e. The summed E-state index contributed by atoms with van der Waals surface area (Å²) in [4.78, 5) is 56.5. The van der Waals surface area contributed by atoms with Gasteiger partial charge in [-0.2, -0.15) is 0 Å². The molecule has 0 radical (unpaired) electrons. The normalized spacial score (nSPS) is 21.6. The zero-order valence-corrected chi connectivity index (χ0v) is 26.1. The van der Waals surface area contributed by atoms with E-state index in [4.69, 9.17) is 0 Å². The van der Waals surface area contributed by atoms with Crippen molar-refractivity contribution < 1.29 is 24.3 Å². The van der Waals surface area contributed by atoms with E-state index in [1.54, 1.807) is 31.3 Å². The van der Waals surface area contributed by atoms with Crippen LogP contribution in [0.5, 0.6) is 0 Å². The Labute approximate surface area is 260 Å². The highest BCUT2D eigenvalue weighted by Gasteiger charge is 2.54. The van der Waals surface area contributed by atoms with Crippen LogP contribution < -0.4 is 10.6 Å². The molecule has 0 aromatic heterocycles. The fourth-order valence-corrected chi connectivity index (χ4v) is 7.13. The number of nitrogens with zero attached hydrogens (tertiary/aromatic N) is 2. The molecule has 0 bridgehead atoms. The summed E-state index contributed by atoms with van der Waals surface area (Å²) in [6, 6.07) is 13.5. The molecule has 1 saturated carbocycles. The number of unbranched alkanes of at least 4 members (excludes halogenated alkanes) is 1. The summed E-state index contributed by atoms with van der Waals surface area (Å²) in [5.41, 5.74) is 0.945. The number of piperazine rings is 1. The van der Waals surface area contributed by atoms with Crippen molar-refractivity contribution in [2.45, 2.75) is 94.9 Å². The van der Waals surface area contributed by atoms with Crippen LogP contribution in [0.2, 0.25) is 0 Å². The zero-order chi connectivity index (χ0) is 31.3. The molecule has 1 spiro atoms. The molecule has 1 aliphatic carbocycles. The Morgan fingerprint density at radius 2 is 1.50 bits per heavy atom. The summed E-state index contributed by atoms with van der Waals surface area (Å²) in [6.07, 6.45) is 7.58. The largest absolute Gasteiger partial charge is 0.390 e. The first-order valence-corrected chi connectivity index (χ1v) is 16.2. The number of hydrogen-bond donors (Lipinski definition) is 3. The minimum absolute atomic E-state index is 0.0472. The van der Waals surface area contributed by atoms with Gasteiger partial charge in [-0.1, -0.05) is 69.0 Å². The number of piperidine rings is 1. The van der Waals surface area contributed by atoms with Crippen LogP contribution in [-0.2, 0) is 16.1 Å². The Morgan fingerprint density at radius 1 is 0.909 bits per heavy atom. The lowest BCUT2D eigenvalue weighted by atomic mass is 9.77. The third kappa shape index (κ3) is 6.74. The molecule has 2 aliphatic heterocycles. The molecule has 9 nitrogen and oxygen atoms in total. The van der Waals surface area contributed by atoms with Crippen LogP contribution in [0.3, 0.4) is 0 Å². The third-order valence-electron chi connectivity index (χ3n) is 9.85. The number of benzene rings is 2. The fourth-order valence-electron chi connectivity index (χ4n) is 7.13. The quantitative estimate of drug-likeness (QED) is 0.356. The maximum Gasteiger partial charge on any atom is 0.251 e. The van der Waals surface area contributed by atoms with Gasteiger partial charge in [0.1, 0.15) is 11.6 Å². The Balaban J connectivity index is 1.21. The molecule has 9 heteroatoms. The van der Waals surface area contributed by atoms with Crippen molar-refractivity contribution in [2.24, 2.45) is 0 Å². The lowest BCUT2D eigenvalue weighted by molar-refractivity contribution is -0.163. The number of aliphatic hydroxyl groups is 1. The molecule has 3 fully saturated rings. The van der Waals surface area contributed by atoms with Gasteiger partial charge in [0.25, 0.3) is 5.91 Å². The molecule has 2 aromatic rings. The van der Waals surface area contributed by atoms with Crippen molar-refractivity contribution in [3.63, 3.8) is 0 Å². The predicted octanol–water partition coefficient (Wildman–Crippen LogP) is 3.82. The second kappa shape index (κ2) is 13.6. The molecule has 3 amide bonds. The zero-order valence-electron chi connectivity index (χ0n) is 26.1. The maximum atomic E-state index is 13.8. The van der Waals surface area contributed by atoms with E-state index in [9.17, 15) is 24.3 Å². The number of amides is 3. The van der Waals surface area contributed by atoms with Gasteiger partial charge in [0, 0.05) is 56.3 Å². The van der Waals surface area contributed by atoms with E-state index in [1.165, 1.54) is 0 Å². The summed E-state index contributed by atoms with van der Waals surface area (Å²) in [5, 5.41) is 16.8. The lowest BCUT2D eigenvalue weighted by Gasteiger charge is -2.52. The number of rotatable bonds is 10. The van der Waals surface area contributed by atoms with Crippen LogP contribution in [0.1, 0.15) is 103 Å². The Morgan fingerprint density at radius 3 is 2.09 bits per heavy atom. The van der Waals surface area contributed by atoms with Gasteiger partial charge >= 0.3 is 0 Å². The maximum absolute atomic E-state index is 13.8. The molecule has 2 heterocycles. The van der Waals surface area contributed by atoms with E-state index in [0.717, 1.165) is 37.7 Å². The Hall–Kier alpha value is -3.56. The molecule has 1 atom stereocenters. The molecule has 236 valence electrons. The summed E-state index contributed by atoms with van der Waals surface area (Å²) in [7, 11) is 1.57. The summed E-state index contributed by atoms with van der Waals surface area (Å²) >= 11 is 0. The average Bonchev–Trinajstić information content (AvgIpc) is 3.04. The predicted molar refractivity (Wildman–Crippen MR) is 168 cm³/mol.